The highest BCUT2D eigenvalue weighted by molar-refractivity contribution is 5.94. The predicted octanol–water partition coefficient (Wildman–Crippen LogP) is 1.97. The molecule has 1 heterocycles. The number of piperazine rings is 1. The third-order valence-corrected chi connectivity index (χ3v) is 4.42. The van der Waals surface area contributed by atoms with E-state index < -0.39 is 17.5 Å². The lowest BCUT2D eigenvalue weighted by atomic mass is 10.0. The SMILES string of the molecule is CC(C)C(CNC(=O)c1ccc(F)cc1F)N1CCN(C)CC1. The Bertz CT molecular complexity index is 543. The number of hydrogen-bond acceptors (Lipinski definition) is 3. The fourth-order valence-corrected chi connectivity index (χ4v) is 2.91. The van der Waals surface area contributed by atoms with Gasteiger partial charge in [-0.05, 0) is 25.1 Å². The summed E-state index contributed by atoms with van der Waals surface area (Å²) >= 11 is 0. The summed E-state index contributed by atoms with van der Waals surface area (Å²) in [6.07, 6.45) is 0. The van der Waals surface area contributed by atoms with Crippen molar-refractivity contribution < 1.29 is 13.6 Å². The minimum Gasteiger partial charge on any atom is -0.350 e. The van der Waals surface area contributed by atoms with Crippen molar-refractivity contribution in [2.75, 3.05) is 39.8 Å². The number of halogens is 2. The number of amides is 1. The number of nitrogens with zero attached hydrogens (tertiary/aromatic N) is 2. The predicted molar refractivity (Wildman–Crippen MR) is 86.4 cm³/mol. The average molecular weight is 325 g/mol. The van der Waals surface area contributed by atoms with Crippen LogP contribution in [0.2, 0.25) is 0 Å². The molecule has 1 aliphatic heterocycles. The van der Waals surface area contributed by atoms with Gasteiger partial charge in [0.25, 0.3) is 5.91 Å². The summed E-state index contributed by atoms with van der Waals surface area (Å²) < 4.78 is 26.6. The first-order valence-electron chi connectivity index (χ1n) is 8.04. The summed E-state index contributed by atoms with van der Waals surface area (Å²) in [7, 11) is 2.10. The zero-order valence-electron chi connectivity index (χ0n) is 14.0. The normalized spacial score (nSPS) is 18.2. The molecule has 4 nitrogen and oxygen atoms in total. The summed E-state index contributed by atoms with van der Waals surface area (Å²) in [6, 6.07) is 3.21. The lowest BCUT2D eigenvalue weighted by Gasteiger charge is -2.39. The van der Waals surface area contributed by atoms with Crippen LogP contribution in [0.3, 0.4) is 0 Å². The fourth-order valence-electron chi connectivity index (χ4n) is 2.91. The lowest BCUT2D eigenvalue weighted by molar-refractivity contribution is 0.0789. The zero-order valence-corrected chi connectivity index (χ0v) is 14.0. The summed E-state index contributed by atoms with van der Waals surface area (Å²) in [5.74, 6) is -1.64. The second-order valence-electron chi connectivity index (χ2n) is 6.48. The van der Waals surface area contributed by atoms with E-state index in [0.717, 1.165) is 38.3 Å². The molecule has 128 valence electrons. The topological polar surface area (TPSA) is 35.6 Å². The minimum absolute atomic E-state index is 0.118. The molecule has 0 aliphatic carbocycles. The van der Waals surface area contributed by atoms with Crippen LogP contribution in [0, 0.1) is 17.6 Å². The Hall–Kier alpha value is -1.53. The smallest absolute Gasteiger partial charge is 0.254 e. The number of benzene rings is 1. The minimum atomic E-state index is -0.830. The van der Waals surface area contributed by atoms with E-state index in [1.807, 2.05) is 0 Å². The number of nitrogens with one attached hydrogen (secondary N) is 1. The molecule has 1 atom stereocenters. The van der Waals surface area contributed by atoms with Crippen LogP contribution in [-0.2, 0) is 0 Å². The summed E-state index contributed by atoms with van der Waals surface area (Å²) in [5, 5.41) is 2.79. The molecule has 23 heavy (non-hydrogen) atoms. The number of rotatable bonds is 5. The molecule has 1 saturated heterocycles. The lowest BCUT2D eigenvalue weighted by Crippen LogP contribution is -2.54. The van der Waals surface area contributed by atoms with Crippen molar-refractivity contribution in [1.82, 2.24) is 15.1 Å². The molecule has 1 fully saturated rings. The van der Waals surface area contributed by atoms with Gasteiger partial charge in [-0.1, -0.05) is 13.8 Å². The van der Waals surface area contributed by atoms with Crippen molar-refractivity contribution in [2.45, 2.75) is 19.9 Å². The molecule has 0 aromatic heterocycles. The van der Waals surface area contributed by atoms with Gasteiger partial charge in [0, 0.05) is 44.8 Å². The molecule has 6 heteroatoms. The Kier molecular flexibility index (Phi) is 6.07. The van der Waals surface area contributed by atoms with Gasteiger partial charge >= 0.3 is 0 Å². The van der Waals surface area contributed by atoms with E-state index in [1.54, 1.807) is 0 Å². The Morgan fingerprint density at radius 2 is 1.87 bits per heavy atom. The van der Waals surface area contributed by atoms with Crippen LogP contribution in [0.4, 0.5) is 8.78 Å². The molecule has 1 N–H and O–H groups in total. The Balaban J connectivity index is 1.97. The van der Waals surface area contributed by atoms with Crippen LogP contribution in [0.25, 0.3) is 0 Å². The molecule has 1 amide bonds. The van der Waals surface area contributed by atoms with Crippen molar-refractivity contribution in [3.05, 3.63) is 35.4 Å². The van der Waals surface area contributed by atoms with Crippen LogP contribution in [0.5, 0.6) is 0 Å². The van der Waals surface area contributed by atoms with Crippen LogP contribution >= 0.6 is 0 Å². The Morgan fingerprint density at radius 1 is 1.22 bits per heavy atom. The first-order valence-corrected chi connectivity index (χ1v) is 8.04. The molecule has 2 rings (SSSR count). The number of likely N-dealkylation sites (N-methyl/N-ethyl adjacent to an activating group) is 1. The van der Waals surface area contributed by atoms with Gasteiger partial charge in [-0.15, -0.1) is 0 Å². The molecule has 1 unspecified atom stereocenters. The van der Waals surface area contributed by atoms with Crippen molar-refractivity contribution in [2.24, 2.45) is 5.92 Å². The highest BCUT2D eigenvalue weighted by Crippen LogP contribution is 2.14. The van der Waals surface area contributed by atoms with Gasteiger partial charge < -0.3 is 10.2 Å². The van der Waals surface area contributed by atoms with Crippen LogP contribution < -0.4 is 5.32 Å². The van der Waals surface area contributed by atoms with E-state index in [1.165, 1.54) is 6.07 Å². The van der Waals surface area contributed by atoms with E-state index in [0.29, 0.717) is 12.5 Å². The zero-order chi connectivity index (χ0) is 17.0. The van der Waals surface area contributed by atoms with Gasteiger partial charge in [0.1, 0.15) is 11.6 Å². The van der Waals surface area contributed by atoms with E-state index in [-0.39, 0.29) is 11.6 Å². The Labute approximate surface area is 136 Å². The maximum atomic E-state index is 13.7. The molecule has 0 bridgehead atoms. The summed E-state index contributed by atoms with van der Waals surface area (Å²) in [4.78, 5) is 16.8. The van der Waals surface area contributed by atoms with E-state index in [9.17, 15) is 13.6 Å². The molecular weight excluding hydrogens is 300 g/mol. The first kappa shape index (κ1) is 17.8. The van der Waals surface area contributed by atoms with Gasteiger partial charge in [0.2, 0.25) is 0 Å². The number of hydrogen-bond donors (Lipinski definition) is 1. The van der Waals surface area contributed by atoms with Gasteiger partial charge in [0.05, 0.1) is 5.56 Å². The third kappa shape index (κ3) is 4.72. The molecule has 1 aromatic carbocycles. The largest absolute Gasteiger partial charge is 0.350 e. The van der Waals surface area contributed by atoms with E-state index in [2.05, 4.69) is 36.0 Å². The molecular formula is C17H25F2N3O. The molecule has 1 aromatic rings. The summed E-state index contributed by atoms with van der Waals surface area (Å²) in [5.41, 5.74) is -0.118. The van der Waals surface area contributed by atoms with E-state index >= 15 is 0 Å². The van der Waals surface area contributed by atoms with Crippen molar-refractivity contribution >= 4 is 5.91 Å². The van der Waals surface area contributed by atoms with Gasteiger partial charge in [0.15, 0.2) is 0 Å². The van der Waals surface area contributed by atoms with Crippen LogP contribution in [0.15, 0.2) is 18.2 Å². The van der Waals surface area contributed by atoms with Gasteiger partial charge in [-0.2, -0.15) is 0 Å². The van der Waals surface area contributed by atoms with E-state index in [4.69, 9.17) is 0 Å². The second-order valence-corrected chi connectivity index (χ2v) is 6.48. The van der Waals surface area contributed by atoms with Crippen molar-refractivity contribution in [1.29, 1.82) is 0 Å². The average Bonchev–Trinajstić information content (AvgIpc) is 2.48. The van der Waals surface area contributed by atoms with Crippen molar-refractivity contribution in [3.63, 3.8) is 0 Å². The van der Waals surface area contributed by atoms with Crippen LogP contribution in [0.1, 0.15) is 24.2 Å². The quantitative estimate of drug-likeness (QED) is 0.899. The monoisotopic (exact) mass is 325 g/mol. The van der Waals surface area contributed by atoms with Crippen LogP contribution in [-0.4, -0.2) is 61.5 Å². The van der Waals surface area contributed by atoms with Crippen molar-refractivity contribution in [3.8, 4) is 0 Å². The molecule has 0 radical (unpaired) electrons. The standard InChI is InChI=1S/C17H25F2N3O/c1-12(2)16(22-8-6-21(3)7-9-22)11-20-17(23)14-5-4-13(18)10-15(14)19/h4-5,10,12,16H,6-9,11H2,1-3H3,(H,20,23). The summed E-state index contributed by atoms with van der Waals surface area (Å²) in [6.45, 7) is 8.62. The highest BCUT2D eigenvalue weighted by Gasteiger charge is 2.25. The molecule has 1 aliphatic rings. The molecule has 0 spiro atoms. The van der Waals surface area contributed by atoms with Gasteiger partial charge in [-0.25, -0.2) is 8.78 Å². The maximum Gasteiger partial charge on any atom is 0.254 e. The third-order valence-electron chi connectivity index (χ3n) is 4.42. The highest BCUT2D eigenvalue weighted by atomic mass is 19.1. The second kappa shape index (κ2) is 7.84. The number of carbonyl (C=O) groups excluding carboxylic acids is 1. The molecule has 0 saturated carbocycles. The fraction of sp³-hybridized carbons (Fsp3) is 0.588. The maximum absolute atomic E-state index is 13.7. The Morgan fingerprint density at radius 3 is 2.43 bits per heavy atom. The number of carbonyl (C=O) groups is 1. The first-order chi connectivity index (χ1) is 10.9. The van der Waals surface area contributed by atoms with Gasteiger partial charge in [-0.3, -0.25) is 9.69 Å².